The quantitative estimate of drug-likeness (QED) is 0.542. The Morgan fingerprint density at radius 2 is 2.13 bits per heavy atom. The highest BCUT2D eigenvalue weighted by Gasteiger charge is 2.45. The predicted octanol–water partition coefficient (Wildman–Crippen LogP) is 4.39. The lowest BCUT2D eigenvalue weighted by Crippen LogP contribution is -2.34. The number of nitrogens with zero attached hydrogens (tertiary/aromatic N) is 6. The lowest BCUT2D eigenvalue weighted by atomic mass is 9.91. The number of ether oxygens (including phenoxy) is 1. The Bertz CT molecular complexity index is 1120. The number of aromatic nitrogens is 5. The van der Waals surface area contributed by atoms with Crippen molar-refractivity contribution in [3.8, 4) is 11.8 Å². The zero-order valence-electron chi connectivity index (χ0n) is 16.2. The van der Waals surface area contributed by atoms with Gasteiger partial charge in [0.25, 0.3) is 0 Å². The van der Waals surface area contributed by atoms with E-state index in [4.69, 9.17) is 27.9 Å². The van der Waals surface area contributed by atoms with E-state index in [1.165, 1.54) is 6.33 Å². The predicted molar refractivity (Wildman–Crippen MR) is 115 cm³/mol. The molecule has 154 valence electrons. The van der Waals surface area contributed by atoms with Gasteiger partial charge in [0.1, 0.15) is 23.0 Å². The van der Waals surface area contributed by atoms with E-state index in [1.54, 1.807) is 22.9 Å². The van der Waals surface area contributed by atoms with Crippen molar-refractivity contribution in [3.63, 3.8) is 0 Å². The van der Waals surface area contributed by atoms with Gasteiger partial charge in [0.2, 0.25) is 5.95 Å². The van der Waals surface area contributed by atoms with Crippen molar-refractivity contribution in [1.82, 2.24) is 24.7 Å². The molecule has 4 heterocycles. The van der Waals surface area contributed by atoms with Crippen LogP contribution in [-0.2, 0) is 6.54 Å². The number of benzene rings is 1. The molecule has 3 aromatic rings. The third-order valence-electron chi connectivity index (χ3n) is 5.10. The zero-order chi connectivity index (χ0) is 20.7. The minimum absolute atomic E-state index is 0.121. The average molecular weight is 444 g/mol. The molecule has 1 aliphatic carbocycles. The molecule has 0 amide bonds. The molecular weight excluding hydrogens is 425 g/mol. The fourth-order valence-corrected chi connectivity index (χ4v) is 4.05. The van der Waals surface area contributed by atoms with Gasteiger partial charge < -0.3 is 15.0 Å². The number of nitrogens with one attached hydrogen (secondary N) is 1. The molecule has 30 heavy (non-hydrogen) atoms. The molecule has 2 aliphatic heterocycles. The second-order valence-corrected chi connectivity index (χ2v) is 8.01. The van der Waals surface area contributed by atoms with Crippen molar-refractivity contribution in [2.75, 3.05) is 16.8 Å². The van der Waals surface area contributed by atoms with E-state index in [2.05, 4.69) is 43.3 Å². The average Bonchev–Trinajstić information content (AvgIpc) is 3.41. The highest BCUT2D eigenvalue weighted by atomic mass is 35.5. The van der Waals surface area contributed by atoms with Crippen LogP contribution in [0.4, 0.5) is 11.8 Å². The maximum absolute atomic E-state index is 6.06. The molecule has 0 radical (unpaired) electrons. The minimum Gasteiger partial charge on any atom is -0.424 e. The summed E-state index contributed by atoms with van der Waals surface area (Å²) in [5.41, 5.74) is 1.14. The van der Waals surface area contributed by atoms with E-state index in [0.29, 0.717) is 40.3 Å². The van der Waals surface area contributed by atoms with Gasteiger partial charge in [-0.15, -0.1) is 5.10 Å². The van der Waals surface area contributed by atoms with Gasteiger partial charge in [-0.3, -0.25) is 0 Å². The third-order valence-corrected chi connectivity index (χ3v) is 5.54. The van der Waals surface area contributed by atoms with Crippen LogP contribution in [0.3, 0.4) is 0 Å². The molecule has 2 atom stereocenters. The number of hydrogen-bond acceptors (Lipinski definition) is 7. The molecular formula is C20H19Cl2N7O. The fraction of sp³-hybridized carbons (Fsp3) is 0.300. The van der Waals surface area contributed by atoms with Gasteiger partial charge in [-0.1, -0.05) is 42.3 Å². The summed E-state index contributed by atoms with van der Waals surface area (Å²) >= 11 is 12.1. The number of halogens is 2. The largest absolute Gasteiger partial charge is 0.424 e. The Labute approximate surface area is 183 Å². The monoisotopic (exact) mass is 443 g/mol. The number of fused-ring (bicyclic) bond motifs is 1. The van der Waals surface area contributed by atoms with Crippen molar-refractivity contribution in [2.24, 2.45) is 5.92 Å². The highest BCUT2D eigenvalue weighted by Crippen LogP contribution is 2.42. The number of rotatable bonds is 7. The molecule has 6 rings (SSSR count). The van der Waals surface area contributed by atoms with Gasteiger partial charge >= 0.3 is 6.01 Å². The van der Waals surface area contributed by atoms with Crippen LogP contribution >= 0.6 is 23.2 Å². The number of aryl methyl sites for hydroxylation is 1. The molecule has 8 nitrogen and oxygen atoms in total. The Morgan fingerprint density at radius 3 is 2.93 bits per heavy atom. The van der Waals surface area contributed by atoms with Gasteiger partial charge in [0.05, 0.1) is 6.04 Å². The maximum atomic E-state index is 6.06. The summed E-state index contributed by atoms with van der Waals surface area (Å²) in [4.78, 5) is 15.0. The fourth-order valence-electron chi connectivity index (χ4n) is 3.73. The Morgan fingerprint density at radius 1 is 1.23 bits per heavy atom. The Hall–Kier alpha value is -2.84. The number of hydrogen-bond donors (Lipinski definition) is 1. The van der Waals surface area contributed by atoms with Crippen LogP contribution in [0, 0.1) is 5.92 Å². The highest BCUT2D eigenvalue weighted by molar-refractivity contribution is 6.30. The second kappa shape index (κ2) is 7.77. The van der Waals surface area contributed by atoms with Gasteiger partial charge in [-0.25, -0.2) is 14.6 Å². The molecule has 3 aliphatic rings. The normalized spacial score (nSPS) is 19.4. The van der Waals surface area contributed by atoms with Gasteiger partial charge in [0.15, 0.2) is 0 Å². The lowest BCUT2D eigenvalue weighted by molar-refractivity contribution is 0.395. The number of anilines is 2. The van der Waals surface area contributed by atoms with Crippen molar-refractivity contribution in [3.05, 3.63) is 58.6 Å². The van der Waals surface area contributed by atoms with E-state index >= 15 is 0 Å². The summed E-state index contributed by atoms with van der Waals surface area (Å²) in [5, 5.41) is 9.06. The molecule has 2 bridgehead atoms. The van der Waals surface area contributed by atoms with Crippen LogP contribution in [0.25, 0.3) is 0 Å². The van der Waals surface area contributed by atoms with Crippen molar-refractivity contribution in [2.45, 2.75) is 25.9 Å². The van der Waals surface area contributed by atoms with Crippen molar-refractivity contribution < 1.29 is 4.74 Å². The van der Waals surface area contributed by atoms with Crippen LogP contribution in [0.5, 0.6) is 11.8 Å². The molecule has 1 fully saturated rings. The van der Waals surface area contributed by atoms with E-state index in [1.807, 2.05) is 12.1 Å². The standard InChI is InChI=1S/C20H19Cl2N7O/c1-2-6-29-20(30-14-5-3-4-13(21)8-14)26-19(27-29)25-18-12-7-15(18)28(10-12)17-9-16(22)23-11-24-17/h3-5,7-9,11-12,18H,2,6,10H2,1H3,(H,25,27). The second-order valence-electron chi connectivity index (χ2n) is 7.19. The van der Waals surface area contributed by atoms with E-state index in [-0.39, 0.29) is 6.04 Å². The maximum Gasteiger partial charge on any atom is 0.322 e. The van der Waals surface area contributed by atoms with Gasteiger partial charge in [-0.05, 0) is 24.6 Å². The summed E-state index contributed by atoms with van der Waals surface area (Å²) in [5.74, 6) is 2.30. The summed E-state index contributed by atoms with van der Waals surface area (Å²) in [6.45, 7) is 3.62. The van der Waals surface area contributed by atoms with Crippen LogP contribution in [0.1, 0.15) is 13.3 Å². The topological polar surface area (TPSA) is 81.0 Å². The molecule has 1 aromatic carbocycles. The molecule has 10 heteroatoms. The Balaban J connectivity index is 1.33. The van der Waals surface area contributed by atoms with Gasteiger partial charge in [-0.2, -0.15) is 4.98 Å². The zero-order valence-corrected chi connectivity index (χ0v) is 17.7. The Kier molecular flexibility index (Phi) is 4.96. The van der Waals surface area contributed by atoms with Crippen LogP contribution in [-0.4, -0.2) is 37.3 Å². The first-order valence-corrected chi connectivity index (χ1v) is 10.5. The van der Waals surface area contributed by atoms with Crippen LogP contribution < -0.4 is 15.0 Å². The van der Waals surface area contributed by atoms with E-state index in [0.717, 1.165) is 24.5 Å². The van der Waals surface area contributed by atoms with E-state index in [9.17, 15) is 0 Å². The first-order chi connectivity index (χ1) is 14.6. The lowest BCUT2D eigenvalue weighted by Gasteiger charge is -2.27. The first kappa shape index (κ1) is 19.1. The summed E-state index contributed by atoms with van der Waals surface area (Å²) < 4.78 is 7.70. The van der Waals surface area contributed by atoms with Gasteiger partial charge in [0, 0.05) is 35.8 Å². The molecule has 0 saturated carbocycles. The molecule has 0 spiro atoms. The summed E-state index contributed by atoms with van der Waals surface area (Å²) in [7, 11) is 0. The summed E-state index contributed by atoms with van der Waals surface area (Å²) in [6.07, 6.45) is 4.61. The first-order valence-electron chi connectivity index (χ1n) is 9.72. The van der Waals surface area contributed by atoms with Crippen molar-refractivity contribution in [1.29, 1.82) is 0 Å². The molecule has 2 aromatic heterocycles. The minimum atomic E-state index is 0.121. The summed E-state index contributed by atoms with van der Waals surface area (Å²) in [6, 6.07) is 9.55. The SMILES string of the molecule is CCCn1nc(NC2C3=CC2CN3c2cc(Cl)ncn2)nc1Oc1cccc(Cl)c1. The molecule has 2 unspecified atom stereocenters. The van der Waals surface area contributed by atoms with Crippen LogP contribution in [0.2, 0.25) is 10.2 Å². The smallest absolute Gasteiger partial charge is 0.322 e. The van der Waals surface area contributed by atoms with E-state index < -0.39 is 0 Å². The molecule has 1 saturated heterocycles. The van der Waals surface area contributed by atoms with Crippen LogP contribution in [0.15, 0.2) is 48.4 Å². The molecule has 1 N–H and O–H groups in total. The third kappa shape index (κ3) is 3.57. The van der Waals surface area contributed by atoms with Crippen molar-refractivity contribution >= 4 is 35.0 Å².